The summed E-state index contributed by atoms with van der Waals surface area (Å²) in [7, 11) is 1.91. The first kappa shape index (κ1) is 19.2. The van der Waals surface area contributed by atoms with Gasteiger partial charge in [-0.05, 0) is 31.5 Å². The Morgan fingerprint density at radius 2 is 1.97 bits per heavy atom. The number of aryl methyl sites for hydroxylation is 2. The average molecular weight is 394 g/mol. The Hall–Kier alpha value is -3.13. The number of urea groups is 1. The standard InChI is InChI=1S/C21H26N6O2/c1-15-5-4-6-17(11-15)23-21(28)27-9-7-26(8-10-27)14-18-12-20(24-29-18)19-13-22-25(3)16(19)2/h4-6,11-13H,7-10,14H2,1-3H3,(H,23,28). The van der Waals surface area contributed by atoms with Crippen molar-refractivity contribution in [1.82, 2.24) is 24.7 Å². The Balaban J connectivity index is 1.30. The predicted molar refractivity (Wildman–Crippen MR) is 110 cm³/mol. The van der Waals surface area contributed by atoms with Crippen LogP contribution in [0, 0.1) is 13.8 Å². The van der Waals surface area contributed by atoms with E-state index in [9.17, 15) is 4.79 Å². The maximum absolute atomic E-state index is 12.5. The van der Waals surface area contributed by atoms with Gasteiger partial charge in [-0.1, -0.05) is 17.3 Å². The fourth-order valence-corrected chi connectivity index (χ4v) is 3.52. The summed E-state index contributed by atoms with van der Waals surface area (Å²) in [6.45, 7) is 7.66. The molecule has 152 valence electrons. The van der Waals surface area contributed by atoms with E-state index >= 15 is 0 Å². The van der Waals surface area contributed by atoms with Gasteiger partial charge in [-0.3, -0.25) is 9.58 Å². The molecule has 0 aliphatic carbocycles. The summed E-state index contributed by atoms with van der Waals surface area (Å²) in [5.74, 6) is 0.820. The highest BCUT2D eigenvalue weighted by Gasteiger charge is 2.22. The van der Waals surface area contributed by atoms with Crippen molar-refractivity contribution in [2.45, 2.75) is 20.4 Å². The van der Waals surface area contributed by atoms with Crippen LogP contribution in [0.15, 0.2) is 41.1 Å². The van der Waals surface area contributed by atoms with Gasteiger partial charge in [0.15, 0.2) is 5.76 Å². The van der Waals surface area contributed by atoms with Crippen LogP contribution >= 0.6 is 0 Å². The van der Waals surface area contributed by atoms with Crippen LogP contribution in [0.5, 0.6) is 0 Å². The number of carbonyl (C=O) groups is 1. The van der Waals surface area contributed by atoms with E-state index in [2.05, 4.69) is 20.5 Å². The molecule has 8 nitrogen and oxygen atoms in total. The molecule has 3 aromatic rings. The molecule has 3 heterocycles. The number of carbonyl (C=O) groups excluding carboxylic acids is 1. The van der Waals surface area contributed by atoms with Crippen LogP contribution in [0.4, 0.5) is 10.5 Å². The second-order valence-corrected chi connectivity index (χ2v) is 7.51. The number of aromatic nitrogens is 3. The molecular formula is C21H26N6O2. The molecule has 8 heteroatoms. The van der Waals surface area contributed by atoms with Crippen molar-refractivity contribution in [3.05, 3.63) is 53.5 Å². The fourth-order valence-electron chi connectivity index (χ4n) is 3.52. The topological polar surface area (TPSA) is 79.4 Å². The first-order valence-electron chi connectivity index (χ1n) is 9.79. The molecule has 0 bridgehead atoms. The SMILES string of the molecule is Cc1cccc(NC(=O)N2CCN(Cc3cc(-c4cnn(C)c4C)no3)CC2)c1. The van der Waals surface area contributed by atoms with Crippen LogP contribution < -0.4 is 5.32 Å². The lowest BCUT2D eigenvalue weighted by Crippen LogP contribution is -2.49. The van der Waals surface area contributed by atoms with Gasteiger partial charge in [0.1, 0.15) is 5.69 Å². The summed E-state index contributed by atoms with van der Waals surface area (Å²) in [6.07, 6.45) is 1.81. The number of hydrogen-bond acceptors (Lipinski definition) is 5. The maximum atomic E-state index is 12.5. The van der Waals surface area contributed by atoms with Gasteiger partial charge >= 0.3 is 6.03 Å². The number of nitrogens with one attached hydrogen (secondary N) is 1. The molecule has 1 aliphatic heterocycles. The minimum Gasteiger partial charge on any atom is -0.359 e. The number of amides is 2. The highest BCUT2D eigenvalue weighted by atomic mass is 16.5. The van der Waals surface area contributed by atoms with Gasteiger partial charge in [0, 0.05) is 56.2 Å². The van der Waals surface area contributed by atoms with E-state index < -0.39 is 0 Å². The zero-order valence-electron chi connectivity index (χ0n) is 17.1. The second-order valence-electron chi connectivity index (χ2n) is 7.51. The minimum atomic E-state index is -0.0516. The molecule has 1 saturated heterocycles. The van der Waals surface area contributed by atoms with E-state index in [0.717, 1.165) is 47.1 Å². The summed E-state index contributed by atoms with van der Waals surface area (Å²) in [6, 6.07) is 9.76. The maximum Gasteiger partial charge on any atom is 0.321 e. The Bertz CT molecular complexity index is 1000. The van der Waals surface area contributed by atoms with Crippen LogP contribution in [0.25, 0.3) is 11.3 Å². The second kappa shape index (κ2) is 8.08. The number of anilines is 1. The van der Waals surface area contributed by atoms with Gasteiger partial charge in [0.25, 0.3) is 0 Å². The van der Waals surface area contributed by atoms with Crippen LogP contribution in [0.2, 0.25) is 0 Å². The van der Waals surface area contributed by atoms with E-state index in [1.807, 2.05) is 67.0 Å². The number of rotatable bonds is 4. The smallest absolute Gasteiger partial charge is 0.321 e. The molecule has 0 radical (unpaired) electrons. The van der Waals surface area contributed by atoms with E-state index in [-0.39, 0.29) is 6.03 Å². The molecular weight excluding hydrogens is 368 g/mol. The lowest BCUT2D eigenvalue weighted by Gasteiger charge is -2.34. The first-order valence-corrected chi connectivity index (χ1v) is 9.79. The number of benzene rings is 1. The number of piperazine rings is 1. The molecule has 29 heavy (non-hydrogen) atoms. The molecule has 1 N–H and O–H groups in total. The zero-order chi connectivity index (χ0) is 20.4. The van der Waals surface area contributed by atoms with Crippen molar-refractivity contribution in [3.63, 3.8) is 0 Å². The number of hydrogen-bond donors (Lipinski definition) is 1. The van der Waals surface area contributed by atoms with E-state index in [0.29, 0.717) is 19.6 Å². The molecule has 0 atom stereocenters. The summed E-state index contributed by atoms with van der Waals surface area (Å²) >= 11 is 0. The Morgan fingerprint density at radius 1 is 1.17 bits per heavy atom. The largest absolute Gasteiger partial charge is 0.359 e. The van der Waals surface area contributed by atoms with Crippen LogP contribution in [0.1, 0.15) is 17.0 Å². The quantitative estimate of drug-likeness (QED) is 0.736. The van der Waals surface area contributed by atoms with Gasteiger partial charge in [-0.15, -0.1) is 0 Å². The van der Waals surface area contributed by atoms with Crippen LogP contribution in [-0.4, -0.2) is 56.9 Å². The lowest BCUT2D eigenvalue weighted by molar-refractivity contribution is 0.134. The lowest BCUT2D eigenvalue weighted by atomic mass is 10.2. The van der Waals surface area contributed by atoms with Crippen molar-refractivity contribution in [2.24, 2.45) is 7.05 Å². The molecule has 2 amide bonds. The minimum absolute atomic E-state index is 0.0516. The summed E-state index contributed by atoms with van der Waals surface area (Å²) in [5.41, 5.74) is 4.80. The van der Waals surface area contributed by atoms with Gasteiger partial charge in [-0.2, -0.15) is 5.10 Å². The van der Waals surface area contributed by atoms with Crippen molar-refractivity contribution >= 4 is 11.7 Å². The van der Waals surface area contributed by atoms with E-state index in [1.165, 1.54) is 0 Å². The van der Waals surface area contributed by atoms with Crippen molar-refractivity contribution in [2.75, 3.05) is 31.5 Å². The van der Waals surface area contributed by atoms with E-state index in [1.54, 1.807) is 0 Å². The third-order valence-electron chi connectivity index (χ3n) is 5.38. The highest BCUT2D eigenvalue weighted by molar-refractivity contribution is 5.89. The van der Waals surface area contributed by atoms with Crippen molar-refractivity contribution in [1.29, 1.82) is 0 Å². The molecule has 0 unspecified atom stereocenters. The normalized spacial score (nSPS) is 14.9. The zero-order valence-corrected chi connectivity index (χ0v) is 17.1. The third-order valence-corrected chi connectivity index (χ3v) is 5.38. The number of nitrogens with zero attached hydrogens (tertiary/aromatic N) is 5. The molecule has 2 aromatic heterocycles. The molecule has 0 spiro atoms. The van der Waals surface area contributed by atoms with Gasteiger partial charge < -0.3 is 14.7 Å². The average Bonchev–Trinajstić information content (AvgIpc) is 3.29. The van der Waals surface area contributed by atoms with Crippen molar-refractivity contribution in [3.8, 4) is 11.3 Å². The third kappa shape index (κ3) is 4.32. The van der Waals surface area contributed by atoms with Gasteiger partial charge in [0.05, 0.1) is 12.7 Å². The molecule has 1 fully saturated rings. The Kier molecular flexibility index (Phi) is 5.35. The summed E-state index contributed by atoms with van der Waals surface area (Å²) in [5, 5.41) is 11.4. The monoisotopic (exact) mass is 394 g/mol. The van der Waals surface area contributed by atoms with Gasteiger partial charge in [0.2, 0.25) is 0 Å². The first-order chi connectivity index (χ1) is 14.0. The van der Waals surface area contributed by atoms with Crippen molar-refractivity contribution < 1.29 is 9.32 Å². The Morgan fingerprint density at radius 3 is 2.66 bits per heavy atom. The predicted octanol–water partition coefficient (Wildman–Crippen LogP) is 3.04. The molecule has 0 saturated carbocycles. The molecule has 1 aromatic carbocycles. The van der Waals surface area contributed by atoms with Crippen LogP contribution in [-0.2, 0) is 13.6 Å². The van der Waals surface area contributed by atoms with E-state index in [4.69, 9.17) is 4.52 Å². The fraction of sp³-hybridized carbons (Fsp3) is 0.381. The molecule has 4 rings (SSSR count). The van der Waals surface area contributed by atoms with Crippen LogP contribution in [0.3, 0.4) is 0 Å². The molecule has 1 aliphatic rings. The summed E-state index contributed by atoms with van der Waals surface area (Å²) < 4.78 is 7.35. The van der Waals surface area contributed by atoms with Gasteiger partial charge in [-0.25, -0.2) is 4.79 Å². The summed E-state index contributed by atoms with van der Waals surface area (Å²) in [4.78, 5) is 16.6. The highest BCUT2D eigenvalue weighted by Crippen LogP contribution is 2.23. The Labute approximate surface area is 170 Å².